The predicted molar refractivity (Wildman–Crippen MR) is 45.3 cm³/mol. The molecule has 0 unspecified atom stereocenters. The molecule has 0 saturated carbocycles. The van der Waals surface area contributed by atoms with E-state index in [0.717, 1.165) is 6.07 Å². The third kappa shape index (κ3) is 3.21. The summed E-state index contributed by atoms with van der Waals surface area (Å²) in [7, 11) is -1.78. The summed E-state index contributed by atoms with van der Waals surface area (Å²) in [4.78, 5) is 0. The van der Waals surface area contributed by atoms with Gasteiger partial charge in [0.15, 0.2) is 0 Å². The van der Waals surface area contributed by atoms with Crippen LogP contribution in [0.3, 0.4) is 0 Å². The molecule has 0 aromatic heterocycles. The Kier molecular flexibility index (Phi) is 3.36. The van der Waals surface area contributed by atoms with Crippen molar-refractivity contribution in [1.29, 1.82) is 0 Å². The lowest BCUT2D eigenvalue weighted by Gasteiger charge is -2.08. The van der Waals surface area contributed by atoms with E-state index in [0.29, 0.717) is 12.1 Å². The van der Waals surface area contributed by atoms with Gasteiger partial charge in [-0.2, -0.15) is 13.2 Å². The van der Waals surface area contributed by atoms with Crippen molar-refractivity contribution >= 4 is 7.12 Å². The van der Waals surface area contributed by atoms with Crippen LogP contribution in [-0.4, -0.2) is 17.2 Å². The molecule has 15 heavy (non-hydrogen) atoms. The van der Waals surface area contributed by atoms with Crippen LogP contribution in [0.15, 0.2) is 18.2 Å². The number of hydrogen-bond acceptors (Lipinski definition) is 2. The normalized spacial score (nSPS) is 11.6. The van der Waals surface area contributed by atoms with Crippen molar-refractivity contribution in [3.63, 3.8) is 0 Å². The van der Waals surface area contributed by atoms with E-state index in [9.17, 15) is 17.6 Å². The van der Waals surface area contributed by atoms with Gasteiger partial charge in [-0.15, -0.1) is 0 Å². The molecule has 0 aliphatic carbocycles. The summed E-state index contributed by atoms with van der Waals surface area (Å²) in [5.41, 5.74) is -1.27. The SMILES string of the molecule is OB(O)Cc1ccc(C(F)(F)F)cc1F. The summed E-state index contributed by atoms with van der Waals surface area (Å²) in [6.07, 6.45) is -5.04. The van der Waals surface area contributed by atoms with Gasteiger partial charge in [0, 0.05) is 6.32 Å². The summed E-state index contributed by atoms with van der Waals surface area (Å²) in [5, 5.41) is 17.1. The highest BCUT2D eigenvalue weighted by Gasteiger charge is 2.31. The maximum Gasteiger partial charge on any atom is 0.456 e. The van der Waals surface area contributed by atoms with Crippen LogP contribution in [0.1, 0.15) is 11.1 Å². The van der Waals surface area contributed by atoms with E-state index in [4.69, 9.17) is 10.0 Å². The van der Waals surface area contributed by atoms with E-state index in [1.54, 1.807) is 0 Å². The molecule has 0 amide bonds. The molecule has 2 N–H and O–H groups in total. The van der Waals surface area contributed by atoms with E-state index in [2.05, 4.69) is 0 Å². The maximum atomic E-state index is 13.0. The van der Waals surface area contributed by atoms with Crippen molar-refractivity contribution in [3.05, 3.63) is 35.1 Å². The molecule has 2 nitrogen and oxygen atoms in total. The Morgan fingerprint density at radius 1 is 1.20 bits per heavy atom. The van der Waals surface area contributed by atoms with Crippen LogP contribution in [0.25, 0.3) is 0 Å². The lowest BCUT2D eigenvalue weighted by atomic mass is 9.81. The fourth-order valence-corrected chi connectivity index (χ4v) is 1.09. The van der Waals surface area contributed by atoms with E-state index < -0.39 is 31.0 Å². The molecule has 0 atom stereocenters. The molecular weight excluding hydrogens is 215 g/mol. The van der Waals surface area contributed by atoms with Crippen molar-refractivity contribution < 1.29 is 27.6 Å². The lowest BCUT2D eigenvalue weighted by Crippen LogP contribution is -2.16. The number of alkyl halides is 3. The Bertz CT molecular complexity index is 351. The zero-order chi connectivity index (χ0) is 11.6. The molecule has 7 heteroatoms. The van der Waals surface area contributed by atoms with Crippen LogP contribution < -0.4 is 0 Å². The maximum absolute atomic E-state index is 13.0. The molecule has 0 saturated heterocycles. The first-order valence-corrected chi connectivity index (χ1v) is 4.02. The molecule has 1 rings (SSSR count). The van der Waals surface area contributed by atoms with Gasteiger partial charge in [-0.3, -0.25) is 0 Å². The van der Waals surface area contributed by atoms with Gasteiger partial charge in [0.25, 0.3) is 0 Å². The smallest absolute Gasteiger partial charge is 0.427 e. The van der Waals surface area contributed by atoms with Crippen LogP contribution in [0, 0.1) is 5.82 Å². The number of hydrogen-bond donors (Lipinski definition) is 2. The molecular formula is C8H7BF4O2. The first-order valence-electron chi connectivity index (χ1n) is 4.02. The van der Waals surface area contributed by atoms with Gasteiger partial charge < -0.3 is 10.0 Å². The summed E-state index contributed by atoms with van der Waals surface area (Å²) < 4.78 is 49.3. The van der Waals surface area contributed by atoms with Gasteiger partial charge >= 0.3 is 13.3 Å². The number of rotatable bonds is 2. The van der Waals surface area contributed by atoms with Crippen LogP contribution in [-0.2, 0) is 12.5 Å². The standard InChI is InChI=1S/C8H7BF4O2/c10-7-3-6(8(11,12)13)2-1-5(7)4-9(14)15/h1-3,14-15H,4H2. The molecule has 0 aliphatic rings. The quantitative estimate of drug-likeness (QED) is 0.586. The minimum absolute atomic E-state index is 0.169. The second-order valence-corrected chi connectivity index (χ2v) is 2.99. The Labute approximate surface area is 83.3 Å². The van der Waals surface area contributed by atoms with Crippen LogP contribution in [0.4, 0.5) is 17.6 Å². The molecule has 1 aromatic carbocycles. The molecule has 0 bridgehead atoms. The molecule has 0 spiro atoms. The molecule has 0 fully saturated rings. The summed E-state index contributed by atoms with van der Waals surface area (Å²) in [6.45, 7) is 0. The lowest BCUT2D eigenvalue weighted by molar-refractivity contribution is -0.137. The second-order valence-electron chi connectivity index (χ2n) is 2.99. The Hall–Kier alpha value is -1.08. The second kappa shape index (κ2) is 4.20. The highest BCUT2D eigenvalue weighted by atomic mass is 19.4. The van der Waals surface area contributed by atoms with E-state index >= 15 is 0 Å². The minimum atomic E-state index is -4.60. The number of halogens is 4. The average Bonchev–Trinajstić information content (AvgIpc) is 2.05. The molecule has 0 aliphatic heterocycles. The van der Waals surface area contributed by atoms with Gasteiger partial charge in [-0.1, -0.05) is 6.07 Å². The van der Waals surface area contributed by atoms with Crippen LogP contribution in [0.2, 0.25) is 0 Å². The van der Waals surface area contributed by atoms with Gasteiger partial charge in [0.05, 0.1) is 5.56 Å². The molecule has 0 radical (unpaired) electrons. The van der Waals surface area contributed by atoms with Gasteiger partial charge in [0.2, 0.25) is 0 Å². The average molecular weight is 222 g/mol. The van der Waals surface area contributed by atoms with Crippen LogP contribution >= 0.6 is 0 Å². The predicted octanol–water partition coefficient (Wildman–Crippen LogP) is 1.40. The van der Waals surface area contributed by atoms with Crippen molar-refractivity contribution in [2.24, 2.45) is 0 Å². The first-order chi connectivity index (χ1) is 6.80. The van der Waals surface area contributed by atoms with Gasteiger partial charge in [-0.05, 0) is 17.7 Å². The number of benzene rings is 1. The highest BCUT2D eigenvalue weighted by molar-refractivity contribution is 6.40. The first kappa shape index (κ1) is 12.0. The van der Waals surface area contributed by atoms with Crippen molar-refractivity contribution in [2.75, 3.05) is 0 Å². The van der Waals surface area contributed by atoms with E-state index in [1.807, 2.05) is 0 Å². The third-order valence-corrected chi connectivity index (χ3v) is 1.78. The highest BCUT2D eigenvalue weighted by Crippen LogP contribution is 2.30. The molecule has 1 aromatic rings. The minimum Gasteiger partial charge on any atom is -0.427 e. The third-order valence-electron chi connectivity index (χ3n) is 1.78. The van der Waals surface area contributed by atoms with E-state index in [1.165, 1.54) is 0 Å². The van der Waals surface area contributed by atoms with Crippen LogP contribution in [0.5, 0.6) is 0 Å². The zero-order valence-electron chi connectivity index (χ0n) is 7.42. The van der Waals surface area contributed by atoms with Gasteiger partial charge in [-0.25, -0.2) is 4.39 Å². The Morgan fingerprint density at radius 2 is 1.80 bits per heavy atom. The van der Waals surface area contributed by atoms with Crippen molar-refractivity contribution in [3.8, 4) is 0 Å². The van der Waals surface area contributed by atoms with Crippen molar-refractivity contribution in [1.82, 2.24) is 0 Å². The summed E-state index contributed by atoms with van der Waals surface area (Å²) >= 11 is 0. The fraction of sp³-hybridized carbons (Fsp3) is 0.250. The Balaban J connectivity index is 2.98. The molecule has 82 valence electrons. The summed E-state index contributed by atoms with van der Waals surface area (Å²) in [6, 6.07) is 1.91. The van der Waals surface area contributed by atoms with Crippen molar-refractivity contribution in [2.45, 2.75) is 12.5 Å². The van der Waals surface area contributed by atoms with Gasteiger partial charge in [0.1, 0.15) is 5.82 Å². The largest absolute Gasteiger partial charge is 0.456 e. The summed E-state index contributed by atoms with van der Waals surface area (Å²) in [5.74, 6) is -1.10. The monoisotopic (exact) mass is 222 g/mol. The Morgan fingerprint density at radius 3 is 2.20 bits per heavy atom. The fourth-order valence-electron chi connectivity index (χ4n) is 1.09. The zero-order valence-corrected chi connectivity index (χ0v) is 7.42. The topological polar surface area (TPSA) is 40.5 Å². The van der Waals surface area contributed by atoms with E-state index in [-0.39, 0.29) is 5.56 Å². The molecule has 0 heterocycles.